The van der Waals surface area contributed by atoms with Crippen LogP contribution in [0.15, 0.2) is 5.16 Å². The molecular weight excluding hydrogens is 206 g/mol. The number of carbonyl (C=O) groups excluding carboxylic acids is 1. The van der Waals surface area contributed by atoms with Crippen LogP contribution in [0.25, 0.3) is 0 Å². The van der Waals surface area contributed by atoms with E-state index in [-0.39, 0.29) is 18.2 Å². The van der Waals surface area contributed by atoms with Gasteiger partial charge >= 0.3 is 0 Å². The topological polar surface area (TPSA) is 78.9 Å². The molecule has 0 bridgehead atoms. The Morgan fingerprint density at radius 1 is 1.25 bits per heavy atom. The summed E-state index contributed by atoms with van der Waals surface area (Å²) in [5, 5.41) is 11.3. The smallest absolute Gasteiger partial charge is 0.230 e. The van der Waals surface area contributed by atoms with Crippen LogP contribution in [-0.2, 0) is 4.79 Å². The summed E-state index contributed by atoms with van der Waals surface area (Å²) in [6.45, 7) is 1.71. The second-order valence-electron chi connectivity index (χ2n) is 4.95. The van der Waals surface area contributed by atoms with Gasteiger partial charge in [-0.3, -0.25) is 4.79 Å². The van der Waals surface area contributed by atoms with Crippen molar-refractivity contribution in [2.75, 3.05) is 13.1 Å². The molecule has 0 aromatic rings. The molecular formula is C11H19N3O2. The Morgan fingerprint density at radius 2 is 1.75 bits per heavy atom. The Bertz CT molecular complexity index is 282. The molecule has 16 heavy (non-hydrogen) atoms. The van der Waals surface area contributed by atoms with Gasteiger partial charge in [-0.15, -0.1) is 0 Å². The summed E-state index contributed by atoms with van der Waals surface area (Å²) in [5.74, 6) is 1.38. The molecule has 2 fully saturated rings. The Hall–Kier alpha value is -1.26. The third kappa shape index (κ3) is 3.40. The highest BCUT2D eigenvalue weighted by Gasteiger charge is 2.31. The van der Waals surface area contributed by atoms with Crippen molar-refractivity contribution in [2.24, 2.45) is 22.7 Å². The Labute approximate surface area is 95.3 Å². The summed E-state index contributed by atoms with van der Waals surface area (Å²) in [4.78, 5) is 13.8. The molecule has 0 aromatic carbocycles. The summed E-state index contributed by atoms with van der Waals surface area (Å²) in [7, 11) is 0. The van der Waals surface area contributed by atoms with Gasteiger partial charge in [-0.1, -0.05) is 5.16 Å². The van der Waals surface area contributed by atoms with Crippen LogP contribution in [0.4, 0.5) is 0 Å². The van der Waals surface area contributed by atoms with Gasteiger partial charge in [0.25, 0.3) is 0 Å². The van der Waals surface area contributed by atoms with E-state index in [0.29, 0.717) is 11.8 Å². The zero-order valence-corrected chi connectivity index (χ0v) is 9.43. The van der Waals surface area contributed by atoms with E-state index in [0.717, 1.165) is 13.1 Å². The van der Waals surface area contributed by atoms with Gasteiger partial charge < -0.3 is 15.8 Å². The van der Waals surface area contributed by atoms with E-state index in [4.69, 9.17) is 10.9 Å². The Kier molecular flexibility index (Phi) is 3.31. The standard InChI is InChI=1S/C11H19N3O2/c12-10(13-16)5-11(15)14(6-8-1-2-8)7-9-3-4-9/h8-9,16H,1-7H2,(H2,12,13). The van der Waals surface area contributed by atoms with E-state index >= 15 is 0 Å². The van der Waals surface area contributed by atoms with Crippen LogP contribution in [0.3, 0.4) is 0 Å². The minimum absolute atomic E-state index is 0.00148. The second-order valence-corrected chi connectivity index (χ2v) is 4.95. The second kappa shape index (κ2) is 4.72. The molecule has 0 aromatic heterocycles. The van der Waals surface area contributed by atoms with E-state index < -0.39 is 0 Å². The minimum Gasteiger partial charge on any atom is -0.409 e. The fourth-order valence-corrected chi connectivity index (χ4v) is 1.80. The number of carbonyl (C=O) groups is 1. The van der Waals surface area contributed by atoms with Crippen LogP contribution in [0.5, 0.6) is 0 Å². The molecule has 2 aliphatic carbocycles. The van der Waals surface area contributed by atoms with E-state index in [1.54, 1.807) is 0 Å². The minimum atomic E-state index is -0.00546. The predicted octanol–water partition coefficient (Wildman–Crippen LogP) is 0.771. The third-order valence-corrected chi connectivity index (χ3v) is 3.16. The van der Waals surface area contributed by atoms with E-state index in [2.05, 4.69) is 5.16 Å². The first-order valence-corrected chi connectivity index (χ1v) is 5.93. The maximum Gasteiger partial charge on any atom is 0.230 e. The highest BCUT2D eigenvalue weighted by molar-refractivity contribution is 5.98. The van der Waals surface area contributed by atoms with Crippen LogP contribution in [0.2, 0.25) is 0 Å². The molecule has 0 spiro atoms. The zero-order chi connectivity index (χ0) is 11.5. The van der Waals surface area contributed by atoms with Crippen molar-refractivity contribution in [3.63, 3.8) is 0 Å². The number of hydrogen-bond donors (Lipinski definition) is 2. The molecule has 3 N–H and O–H groups in total. The largest absolute Gasteiger partial charge is 0.409 e. The SMILES string of the molecule is NC(CC(=O)N(CC1CC1)CC1CC1)=NO. The highest BCUT2D eigenvalue weighted by Crippen LogP contribution is 2.33. The monoisotopic (exact) mass is 225 g/mol. The van der Waals surface area contributed by atoms with Gasteiger partial charge in [0.1, 0.15) is 5.84 Å². The quantitative estimate of drug-likeness (QED) is 0.303. The van der Waals surface area contributed by atoms with Gasteiger partial charge in [0.05, 0.1) is 6.42 Å². The van der Waals surface area contributed by atoms with Gasteiger partial charge in [-0.2, -0.15) is 0 Å². The first-order valence-electron chi connectivity index (χ1n) is 5.93. The number of amides is 1. The lowest BCUT2D eigenvalue weighted by atomic mass is 10.2. The van der Waals surface area contributed by atoms with Crippen molar-refractivity contribution < 1.29 is 10.0 Å². The summed E-state index contributed by atoms with van der Waals surface area (Å²) < 4.78 is 0. The molecule has 0 heterocycles. The average molecular weight is 225 g/mol. The molecule has 0 unspecified atom stereocenters. The number of oxime groups is 1. The fraction of sp³-hybridized carbons (Fsp3) is 0.818. The normalized spacial score (nSPS) is 20.9. The third-order valence-electron chi connectivity index (χ3n) is 3.16. The molecule has 5 nitrogen and oxygen atoms in total. The zero-order valence-electron chi connectivity index (χ0n) is 9.43. The number of nitrogens with two attached hydrogens (primary N) is 1. The lowest BCUT2D eigenvalue weighted by Crippen LogP contribution is -2.37. The summed E-state index contributed by atoms with van der Waals surface area (Å²) >= 11 is 0. The van der Waals surface area contributed by atoms with Crippen LogP contribution in [-0.4, -0.2) is 34.9 Å². The van der Waals surface area contributed by atoms with Crippen molar-refractivity contribution in [2.45, 2.75) is 32.1 Å². The molecule has 1 amide bonds. The first kappa shape index (κ1) is 11.2. The van der Waals surface area contributed by atoms with Gasteiger partial charge in [0.2, 0.25) is 5.91 Å². The van der Waals surface area contributed by atoms with Crippen molar-refractivity contribution in [1.82, 2.24) is 4.90 Å². The lowest BCUT2D eigenvalue weighted by Gasteiger charge is -2.22. The molecule has 5 heteroatoms. The van der Waals surface area contributed by atoms with Crippen molar-refractivity contribution in [1.29, 1.82) is 0 Å². The summed E-state index contributed by atoms with van der Waals surface area (Å²) in [5.41, 5.74) is 5.36. The maximum absolute atomic E-state index is 11.9. The number of nitrogens with zero attached hydrogens (tertiary/aromatic N) is 2. The van der Waals surface area contributed by atoms with Gasteiger partial charge in [-0.05, 0) is 37.5 Å². The van der Waals surface area contributed by atoms with Crippen LogP contribution in [0, 0.1) is 11.8 Å². The number of amidine groups is 1. The lowest BCUT2D eigenvalue weighted by molar-refractivity contribution is -0.130. The first-order chi connectivity index (χ1) is 7.69. The number of rotatable bonds is 6. The summed E-state index contributed by atoms with van der Waals surface area (Å²) in [6.07, 6.45) is 4.97. The van der Waals surface area contributed by atoms with Crippen LogP contribution >= 0.6 is 0 Å². The van der Waals surface area contributed by atoms with Crippen molar-refractivity contribution in [3.8, 4) is 0 Å². The molecule has 90 valence electrons. The van der Waals surface area contributed by atoms with Gasteiger partial charge in [-0.25, -0.2) is 0 Å². The molecule has 2 aliphatic rings. The molecule has 0 radical (unpaired) electrons. The van der Waals surface area contributed by atoms with Crippen LogP contribution < -0.4 is 5.73 Å². The molecule has 2 rings (SSSR count). The fourth-order valence-electron chi connectivity index (χ4n) is 1.80. The predicted molar refractivity (Wildman–Crippen MR) is 60.1 cm³/mol. The van der Waals surface area contributed by atoms with Gasteiger partial charge in [0, 0.05) is 13.1 Å². The number of hydrogen-bond acceptors (Lipinski definition) is 3. The average Bonchev–Trinajstić information content (AvgIpc) is 3.10. The van der Waals surface area contributed by atoms with Crippen molar-refractivity contribution in [3.05, 3.63) is 0 Å². The van der Waals surface area contributed by atoms with Crippen molar-refractivity contribution >= 4 is 11.7 Å². The Morgan fingerprint density at radius 3 is 2.12 bits per heavy atom. The molecule has 0 saturated heterocycles. The molecule has 2 saturated carbocycles. The maximum atomic E-state index is 11.9. The van der Waals surface area contributed by atoms with E-state index in [9.17, 15) is 4.79 Å². The van der Waals surface area contributed by atoms with E-state index in [1.165, 1.54) is 25.7 Å². The molecule has 0 aliphatic heterocycles. The Balaban J connectivity index is 1.84. The van der Waals surface area contributed by atoms with Gasteiger partial charge in [0.15, 0.2) is 0 Å². The molecule has 0 atom stereocenters. The van der Waals surface area contributed by atoms with Crippen LogP contribution in [0.1, 0.15) is 32.1 Å². The summed E-state index contributed by atoms with van der Waals surface area (Å²) in [6, 6.07) is 0. The van der Waals surface area contributed by atoms with E-state index in [1.807, 2.05) is 4.90 Å². The highest BCUT2D eigenvalue weighted by atomic mass is 16.4.